The van der Waals surface area contributed by atoms with Crippen molar-refractivity contribution in [2.75, 3.05) is 7.05 Å². The monoisotopic (exact) mass is 361 g/mol. The van der Waals surface area contributed by atoms with E-state index in [9.17, 15) is 8.42 Å². The van der Waals surface area contributed by atoms with Crippen LogP contribution in [0.15, 0.2) is 44.2 Å². The summed E-state index contributed by atoms with van der Waals surface area (Å²) in [5, 5.41) is 3.72. The molecule has 3 rings (SSSR count). The van der Waals surface area contributed by atoms with Crippen molar-refractivity contribution in [3.8, 4) is 11.5 Å². The summed E-state index contributed by atoms with van der Waals surface area (Å²) in [5.74, 6) is 1.32. The molecule has 0 aliphatic carbocycles. The maximum Gasteiger partial charge on any atom is 0.248 e. The number of nitrogens with zero attached hydrogens (tertiary/aromatic N) is 3. The van der Waals surface area contributed by atoms with Crippen LogP contribution < -0.4 is 0 Å². The van der Waals surface area contributed by atoms with E-state index < -0.39 is 10.0 Å². The summed E-state index contributed by atoms with van der Waals surface area (Å²) in [5.41, 5.74) is 1.75. The summed E-state index contributed by atoms with van der Waals surface area (Å²) < 4.78 is 37.5. The van der Waals surface area contributed by atoms with Crippen molar-refractivity contribution < 1.29 is 17.4 Å². The fourth-order valence-electron chi connectivity index (χ4n) is 2.57. The number of hydrogen-bond donors (Lipinski definition) is 0. The molecule has 0 radical (unpaired) electrons. The molecule has 132 valence electrons. The molecule has 3 aromatic rings. The Morgan fingerprint density at radius 2 is 1.76 bits per heavy atom. The number of sulfonamides is 1. The number of rotatable bonds is 5. The minimum Gasteiger partial charge on any atom is -0.441 e. The summed E-state index contributed by atoms with van der Waals surface area (Å²) in [7, 11) is -2.23. The summed E-state index contributed by atoms with van der Waals surface area (Å²) in [6.45, 7) is 5.04. The molecule has 0 unspecified atom stereocenters. The molecule has 7 nitrogen and oxygen atoms in total. The largest absolute Gasteiger partial charge is 0.441 e. The van der Waals surface area contributed by atoms with Gasteiger partial charge in [-0.05, 0) is 32.9 Å². The molecule has 0 atom stereocenters. The van der Waals surface area contributed by atoms with E-state index in [1.807, 2.05) is 30.3 Å². The van der Waals surface area contributed by atoms with Gasteiger partial charge in [0.25, 0.3) is 0 Å². The normalized spacial score (nSPS) is 12.0. The standard InChI is InChI=1S/C17H19N3O4S/c1-11-16(13(3)24-19-11)25(21,22)20(4)10-15-12(2)23-17(18-15)14-8-6-5-7-9-14/h5-9H,10H2,1-4H3. The molecule has 0 spiro atoms. The molecular formula is C17H19N3O4S. The van der Waals surface area contributed by atoms with Crippen molar-refractivity contribution in [2.45, 2.75) is 32.2 Å². The molecule has 2 aromatic heterocycles. The Hall–Kier alpha value is -2.45. The second kappa shape index (κ2) is 6.45. The van der Waals surface area contributed by atoms with Gasteiger partial charge in [-0.2, -0.15) is 4.31 Å². The average molecular weight is 361 g/mol. The lowest BCUT2D eigenvalue weighted by Crippen LogP contribution is -2.27. The van der Waals surface area contributed by atoms with Crippen molar-refractivity contribution in [3.63, 3.8) is 0 Å². The van der Waals surface area contributed by atoms with Crippen LogP contribution in [0, 0.1) is 20.8 Å². The smallest absolute Gasteiger partial charge is 0.248 e. The van der Waals surface area contributed by atoms with E-state index in [4.69, 9.17) is 8.94 Å². The molecule has 2 heterocycles. The lowest BCUT2D eigenvalue weighted by atomic mass is 10.2. The van der Waals surface area contributed by atoms with Gasteiger partial charge in [0, 0.05) is 12.6 Å². The number of benzene rings is 1. The van der Waals surface area contributed by atoms with Gasteiger partial charge in [0.05, 0.1) is 12.2 Å². The third-order valence-electron chi connectivity index (χ3n) is 3.92. The topological polar surface area (TPSA) is 89.4 Å². The lowest BCUT2D eigenvalue weighted by molar-refractivity contribution is 0.389. The van der Waals surface area contributed by atoms with Crippen LogP contribution in [0.25, 0.3) is 11.5 Å². The summed E-state index contributed by atoms with van der Waals surface area (Å²) in [6, 6.07) is 9.47. The van der Waals surface area contributed by atoms with Crippen LogP contribution in [-0.4, -0.2) is 29.9 Å². The van der Waals surface area contributed by atoms with E-state index in [-0.39, 0.29) is 17.2 Å². The maximum absolute atomic E-state index is 12.8. The van der Waals surface area contributed by atoms with E-state index in [0.717, 1.165) is 5.56 Å². The first-order valence-corrected chi connectivity index (χ1v) is 9.15. The van der Waals surface area contributed by atoms with Crippen molar-refractivity contribution in [1.82, 2.24) is 14.4 Å². The van der Waals surface area contributed by atoms with Crippen LogP contribution in [-0.2, 0) is 16.6 Å². The molecule has 0 saturated heterocycles. The zero-order valence-corrected chi connectivity index (χ0v) is 15.3. The van der Waals surface area contributed by atoms with Crippen LogP contribution in [0.4, 0.5) is 0 Å². The SMILES string of the molecule is Cc1noc(C)c1S(=O)(=O)N(C)Cc1nc(-c2ccccc2)oc1C. The lowest BCUT2D eigenvalue weighted by Gasteiger charge is -2.15. The van der Waals surface area contributed by atoms with Crippen molar-refractivity contribution in [2.24, 2.45) is 0 Å². The summed E-state index contributed by atoms with van der Waals surface area (Å²) in [4.78, 5) is 4.54. The Bertz CT molecular complexity index is 971. The van der Waals surface area contributed by atoms with E-state index in [2.05, 4.69) is 10.1 Å². The van der Waals surface area contributed by atoms with Gasteiger partial charge >= 0.3 is 0 Å². The molecule has 0 N–H and O–H groups in total. The molecule has 8 heteroatoms. The van der Waals surface area contributed by atoms with Gasteiger partial charge in [-0.1, -0.05) is 23.4 Å². The minimum absolute atomic E-state index is 0.0918. The maximum atomic E-state index is 12.8. The molecule has 1 aromatic carbocycles. The van der Waals surface area contributed by atoms with Crippen LogP contribution in [0.5, 0.6) is 0 Å². The Labute approximate surface area is 146 Å². The number of hydrogen-bond acceptors (Lipinski definition) is 6. The van der Waals surface area contributed by atoms with E-state index in [1.165, 1.54) is 11.4 Å². The number of aromatic nitrogens is 2. The fraction of sp³-hybridized carbons (Fsp3) is 0.294. The zero-order chi connectivity index (χ0) is 18.2. The Morgan fingerprint density at radius 3 is 2.36 bits per heavy atom. The van der Waals surface area contributed by atoms with Gasteiger partial charge in [-0.3, -0.25) is 0 Å². The van der Waals surface area contributed by atoms with Crippen molar-refractivity contribution in [3.05, 3.63) is 53.2 Å². The van der Waals surface area contributed by atoms with Gasteiger partial charge < -0.3 is 8.94 Å². The van der Waals surface area contributed by atoms with Gasteiger partial charge in [0.15, 0.2) is 5.76 Å². The third kappa shape index (κ3) is 3.22. The first kappa shape index (κ1) is 17.4. The second-order valence-corrected chi connectivity index (χ2v) is 7.78. The zero-order valence-electron chi connectivity index (χ0n) is 14.5. The number of aryl methyl sites for hydroxylation is 3. The molecule has 0 saturated carbocycles. The number of oxazole rings is 1. The first-order valence-electron chi connectivity index (χ1n) is 7.71. The highest BCUT2D eigenvalue weighted by atomic mass is 32.2. The van der Waals surface area contributed by atoms with Crippen molar-refractivity contribution >= 4 is 10.0 Å². The third-order valence-corrected chi connectivity index (χ3v) is 5.97. The van der Waals surface area contributed by atoms with Gasteiger partial charge in [-0.25, -0.2) is 13.4 Å². The van der Waals surface area contributed by atoms with Crippen LogP contribution in [0.2, 0.25) is 0 Å². The fourth-order valence-corrected chi connectivity index (χ4v) is 3.99. The van der Waals surface area contributed by atoms with Crippen LogP contribution in [0.1, 0.15) is 22.9 Å². The predicted octanol–water partition coefficient (Wildman–Crippen LogP) is 3.08. The molecule has 0 aliphatic heterocycles. The Kier molecular flexibility index (Phi) is 4.49. The first-order chi connectivity index (χ1) is 11.8. The molecule has 0 fully saturated rings. The molecule has 25 heavy (non-hydrogen) atoms. The Morgan fingerprint density at radius 1 is 1.08 bits per heavy atom. The van der Waals surface area contributed by atoms with Crippen LogP contribution in [0.3, 0.4) is 0 Å². The molecular weight excluding hydrogens is 342 g/mol. The second-order valence-electron chi connectivity index (χ2n) is 5.80. The highest BCUT2D eigenvalue weighted by molar-refractivity contribution is 7.89. The molecule has 0 bridgehead atoms. The predicted molar refractivity (Wildman–Crippen MR) is 91.3 cm³/mol. The molecule has 0 amide bonds. The quantitative estimate of drug-likeness (QED) is 0.694. The van der Waals surface area contributed by atoms with E-state index >= 15 is 0 Å². The van der Waals surface area contributed by atoms with Gasteiger partial charge in [0.2, 0.25) is 15.9 Å². The van der Waals surface area contributed by atoms with E-state index in [0.29, 0.717) is 23.0 Å². The van der Waals surface area contributed by atoms with Gasteiger partial charge in [0.1, 0.15) is 16.3 Å². The molecule has 0 aliphatic rings. The Balaban J connectivity index is 1.89. The van der Waals surface area contributed by atoms with E-state index in [1.54, 1.807) is 20.8 Å². The van der Waals surface area contributed by atoms with Gasteiger partial charge in [-0.15, -0.1) is 0 Å². The van der Waals surface area contributed by atoms with Crippen molar-refractivity contribution in [1.29, 1.82) is 0 Å². The summed E-state index contributed by atoms with van der Waals surface area (Å²) in [6.07, 6.45) is 0. The van der Waals surface area contributed by atoms with Crippen LogP contribution >= 0.6 is 0 Å². The highest BCUT2D eigenvalue weighted by Gasteiger charge is 2.29. The minimum atomic E-state index is -3.73. The highest BCUT2D eigenvalue weighted by Crippen LogP contribution is 2.26. The summed E-state index contributed by atoms with van der Waals surface area (Å²) >= 11 is 0. The average Bonchev–Trinajstić information content (AvgIpc) is 3.11.